The number of hydrogen-bond donors (Lipinski definition) is 0. The number of aryl methyl sites for hydroxylation is 1. The van der Waals surface area contributed by atoms with Gasteiger partial charge in [-0.1, -0.05) is 17.7 Å². The molecule has 1 saturated heterocycles. The average Bonchev–Trinajstić information content (AvgIpc) is 2.52. The lowest BCUT2D eigenvalue weighted by atomic mass is 9.88. The van der Waals surface area contributed by atoms with Crippen molar-refractivity contribution in [2.45, 2.75) is 32.6 Å². The van der Waals surface area contributed by atoms with Crippen molar-refractivity contribution in [3.63, 3.8) is 0 Å². The summed E-state index contributed by atoms with van der Waals surface area (Å²) in [7, 11) is 0. The lowest BCUT2D eigenvalue weighted by molar-refractivity contribution is -0.132. The molecular formula is C18H22ClNO2. The van der Waals surface area contributed by atoms with Crippen LogP contribution >= 0.6 is 11.6 Å². The van der Waals surface area contributed by atoms with E-state index in [0.29, 0.717) is 24.4 Å². The number of halogens is 1. The highest BCUT2D eigenvalue weighted by Crippen LogP contribution is 2.24. The summed E-state index contributed by atoms with van der Waals surface area (Å²) in [6.45, 7) is 6.81. The highest BCUT2D eigenvalue weighted by Gasteiger charge is 2.29. The molecule has 2 rings (SSSR count). The summed E-state index contributed by atoms with van der Waals surface area (Å²) in [5.41, 5.74) is 1.61. The molecule has 1 amide bonds. The van der Waals surface area contributed by atoms with Crippen LogP contribution in [0.2, 0.25) is 5.02 Å². The van der Waals surface area contributed by atoms with Gasteiger partial charge in [0.25, 0.3) is 0 Å². The molecule has 1 unspecified atom stereocenters. The Morgan fingerprint density at radius 3 is 2.91 bits per heavy atom. The predicted molar refractivity (Wildman–Crippen MR) is 89.3 cm³/mol. The van der Waals surface area contributed by atoms with Gasteiger partial charge in [0.1, 0.15) is 0 Å². The minimum Gasteiger partial charge on any atom is -0.342 e. The van der Waals surface area contributed by atoms with Crippen LogP contribution in [-0.4, -0.2) is 29.7 Å². The van der Waals surface area contributed by atoms with Crippen molar-refractivity contribution in [3.05, 3.63) is 47.0 Å². The van der Waals surface area contributed by atoms with E-state index < -0.39 is 0 Å². The molecule has 1 aliphatic rings. The van der Waals surface area contributed by atoms with E-state index in [0.717, 1.165) is 30.5 Å². The van der Waals surface area contributed by atoms with Crippen LogP contribution in [0.5, 0.6) is 0 Å². The van der Waals surface area contributed by atoms with Crippen molar-refractivity contribution in [1.29, 1.82) is 0 Å². The first-order chi connectivity index (χ1) is 10.5. The van der Waals surface area contributed by atoms with Gasteiger partial charge in [0.15, 0.2) is 5.78 Å². The smallest absolute Gasteiger partial charge is 0.222 e. The van der Waals surface area contributed by atoms with Gasteiger partial charge in [0.2, 0.25) is 5.91 Å². The summed E-state index contributed by atoms with van der Waals surface area (Å²) in [4.78, 5) is 26.7. The summed E-state index contributed by atoms with van der Waals surface area (Å²) in [5, 5.41) is 0.638. The van der Waals surface area contributed by atoms with E-state index in [2.05, 4.69) is 6.58 Å². The first-order valence-electron chi connectivity index (χ1n) is 7.72. The van der Waals surface area contributed by atoms with Gasteiger partial charge in [0, 0.05) is 36.0 Å². The van der Waals surface area contributed by atoms with E-state index in [4.69, 9.17) is 11.6 Å². The molecule has 0 aliphatic carbocycles. The molecular weight excluding hydrogens is 298 g/mol. The first kappa shape index (κ1) is 16.8. The molecule has 118 valence electrons. The minimum atomic E-state index is -0.110. The van der Waals surface area contributed by atoms with Gasteiger partial charge in [-0.05, 0) is 49.9 Å². The second-order valence-electron chi connectivity index (χ2n) is 5.83. The van der Waals surface area contributed by atoms with Gasteiger partial charge < -0.3 is 4.90 Å². The van der Waals surface area contributed by atoms with Crippen molar-refractivity contribution in [1.82, 2.24) is 4.90 Å². The second-order valence-corrected chi connectivity index (χ2v) is 6.27. The number of hydrogen-bond acceptors (Lipinski definition) is 2. The minimum absolute atomic E-state index is 0.110. The molecule has 1 aromatic rings. The maximum atomic E-state index is 12.7. The van der Waals surface area contributed by atoms with Crippen LogP contribution in [0.3, 0.4) is 0 Å². The van der Waals surface area contributed by atoms with Crippen molar-refractivity contribution in [2.24, 2.45) is 5.92 Å². The van der Waals surface area contributed by atoms with Crippen molar-refractivity contribution in [2.75, 3.05) is 13.1 Å². The average molecular weight is 320 g/mol. The van der Waals surface area contributed by atoms with Crippen LogP contribution in [0.1, 0.15) is 41.6 Å². The molecule has 0 radical (unpaired) electrons. The third-order valence-corrected chi connectivity index (χ3v) is 4.40. The molecule has 3 nitrogen and oxygen atoms in total. The molecule has 22 heavy (non-hydrogen) atoms. The largest absolute Gasteiger partial charge is 0.342 e. The number of piperidine rings is 1. The topological polar surface area (TPSA) is 37.4 Å². The van der Waals surface area contributed by atoms with Crippen LogP contribution in [0.25, 0.3) is 0 Å². The van der Waals surface area contributed by atoms with Crippen LogP contribution < -0.4 is 0 Å². The Labute approximate surface area is 137 Å². The fraction of sp³-hybridized carbons (Fsp3) is 0.444. The number of ketones is 1. The standard InChI is InChI=1S/C18H22ClNO2/c1-3-4-7-17(21)20-10-5-6-14(12-20)18(22)16-9-8-15(19)11-13(16)2/h3,8-9,11,14H,1,4-7,10,12H2,2H3. The Hall–Kier alpha value is -1.61. The van der Waals surface area contributed by atoms with E-state index in [1.54, 1.807) is 18.2 Å². The van der Waals surface area contributed by atoms with Gasteiger partial charge in [-0.15, -0.1) is 6.58 Å². The molecule has 0 N–H and O–H groups in total. The maximum absolute atomic E-state index is 12.7. The molecule has 1 heterocycles. The third-order valence-electron chi connectivity index (χ3n) is 4.16. The molecule has 0 spiro atoms. The lowest BCUT2D eigenvalue weighted by Crippen LogP contribution is -2.42. The number of amides is 1. The number of carbonyl (C=O) groups excluding carboxylic acids is 2. The van der Waals surface area contributed by atoms with Crippen molar-refractivity contribution < 1.29 is 9.59 Å². The summed E-state index contributed by atoms with van der Waals surface area (Å²) in [6, 6.07) is 5.35. The molecule has 1 aliphatic heterocycles. The molecule has 1 atom stereocenters. The van der Waals surface area contributed by atoms with Crippen molar-refractivity contribution >= 4 is 23.3 Å². The molecule has 0 aromatic heterocycles. The highest BCUT2D eigenvalue weighted by atomic mass is 35.5. The quantitative estimate of drug-likeness (QED) is 0.607. The van der Waals surface area contributed by atoms with E-state index in [1.807, 2.05) is 17.9 Å². The highest BCUT2D eigenvalue weighted by molar-refractivity contribution is 6.30. The summed E-state index contributed by atoms with van der Waals surface area (Å²) in [5.74, 6) is 0.127. The molecule has 0 saturated carbocycles. The van der Waals surface area contributed by atoms with Gasteiger partial charge in [0.05, 0.1) is 0 Å². The third kappa shape index (κ3) is 3.98. The van der Waals surface area contributed by atoms with Crippen LogP contribution in [-0.2, 0) is 4.79 Å². The Kier molecular flexibility index (Phi) is 5.78. The summed E-state index contributed by atoms with van der Waals surface area (Å²) >= 11 is 5.95. The van der Waals surface area contributed by atoms with E-state index >= 15 is 0 Å². The number of nitrogens with zero attached hydrogens (tertiary/aromatic N) is 1. The number of rotatable bonds is 5. The molecule has 4 heteroatoms. The zero-order chi connectivity index (χ0) is 16.1. The molecule has 1 aromatic carbocycles. The fourth-order valence-electron chi connectivity index (χ4n) is 2.92. The maximum Gasteiger partial charge on any atom is 0.222 e. The van der Waals surface area contributed by atoms with Crippen molar-refractivity contribution in [3.8, 4) is 0 Å². The number of likely N-dealkylation sites (tertiary alicyclic amines) is 1. The zero-order valence-corrected chi connectivity index (χ0v) is 13.7. The SMILES string of the molecule is C=CCCC(=O)N1CCCC(C(=O)c2ccc(Cl)cc2C)C1. The van der Waals surface area contributed by atoms with Gasteiger partial charge >= 0.3 is 0 Å². The zero-order valence-electron chi connectivity index (χ0n) is 13.0. The Balaban J connectivity index is 2.06. The Morgan fingerprint density at radius 1 is 1.45 bits per heavy atom. The molecule has 1 fully saturated rings. The fourth-order valence-corrected chi connectivity index (χ4v) is 3.15. The Morgan fingerprint density at radius 2 is 2.23 bits per heavy atom. The predicted octanol–water partition coefficient (Wildman–Crippen LogP) is 4.04. The van der Waals surface area contributed by atoms with Gasteiger partial charge in [-0.3, -0.25) is 9.59 Å². The first-order valence-corrected chi connectivity index (χ1v) is 8.09. The summed E-state index contributed by atoms with van der Waals surface area (Å²) < 4.78 is 0. The number of benzene rings is 1. The Bertz CT molecular complexity index is 582. The monoisotopic (exact) mass is 319 g/mol. The lowest BCUT2D eigenvalue weighted by Gasteiger charge is -2.32. The van der Waals surface area contributed by atoms with E-state index in [1.165, 1.54) is 0 Å². The van der Waals surface area contributed by atoms with Crippen LogP contribution in [0.15, 0.2) is 30.9 Å². The number of carbonyl (C=O) groups is 2. The normalized spacial score (nSPS) is 18.1. The number of Topliss-reactive ketones (excluding diaryl/α,β-unsaturated/α-hetero) is 1. The van der Waals surface area contributed by atoms with Crippen LogP contribution in [0.4, 0.5) is 0 Å². The summed E-state index contributed by atoms with van der Waals surface area (Å²) in [6.07, 6.45) is 4.63. The van der Waals surface area contributed by atoms with Gasteiger partial charge in [-0.25, -0.2) is 0 Å². The van der Waals surface area contributed by atoms with E-state index in [9.17, 15) is 9.59 Å². The van der Waals surface area contributed by atoms with Crippen LogP contribution in [0, 0.1) is 12.8 Å². The van der Waals surface area contributed by atoms with E-state index in [-0.39, 0.29) is 17.6 Å². The second kappa shape index (κ2) is 7.59. The van der Waals surface area contributed by atoms with Gasteiger partial charge in [-0.2, -0.15) is 0 Å². The number of allylic oxidation sites excluding steroid dienone is 1. The molecule has 0 bridgehead atoms.